The maximum Gasteiger partial charge on any atom is 0.228 e. The summed E-state index contributed by atoms with van der Waals surface area (Å²) in [5.41, 5.74) is 1.49. The van der Waals surface area contributed by atoms with Crippen LogP contribution in [0.1, 0.15) is 38.1 Å². The van der Waals surface area contributed by atoms with Crippen LogP contribution < -0.4 is 5.32 Å². The standard InChI is InChI=1S/C16H22FN3O/c1-4-6-14(18-5-2)10-15-19-16(20-21-15)12-7-11(3)8-13(17)9-12/h7-9,14,18H,4-6,10H2,1-3H3. The molecule has 0 aliphatic rings. The summed E-state index contributed by atoms with van der Waals surface area (Å²) in [6.45, 7) is 6.99. The highest BCUT2D eigenvalue weighted by Gasteiger charge is 2.14. The van der Waals surface area contributed by atoms with Crippen molar-refractivity contribution in [2.75, 3.05) is 6.54 Å². The number of nitrogens with zero attached hydrogens (tertiary/aromatic N) is 2. The number of hydrogen-bond acceptors (Lipinski definition) is 4. The van der Waals surface area contributed by atoms with Crippen LogP contribution in [0.4, 0.5) is 4.39 Å². The van der Waals surface area contributed by atoms with Gasteiger partial charge in [-0.3, -0.25) is 0 Å². The lowest BCUT2D eigenvalue weighted by atomic mass is 10.1. The second-order valence-electron chi connectivity index (χ2n) is 5.28. The van der Waals surface area contributed by atoms with Gasteiger partial charge in [0.15, 0.2) is 0 Å². The number of aromatic nitrogens is 2. The van der Waals surface area contributed by atoms with Crippen LogP contribution >= 0.6 is 0 Å². The molecule has 1 atom stereocenters. The molecule has 0 radical (unpaired) electrons. The van der Waals surface area contributed by atoms with Crippen LogP contribution in [0.5, 0.6) is 0 Å². The third-order valence-electron chi connectivity index (χ3n) is 3.32. The molecule has 114 valence electrons. The van der Waals surface area contributed by atoms with Crippen LogP contribution in [0, 0.1) is 12.7 Å². The van der Waals surface area contributed by atoms with Crippen LogP contribution in [0.2, 0.25) is 0 Å². The fraction of sp³-hybridized carbons (Fsp3) is 0.500. The Morgan fingerprint density at radius 2 is 2.10 bits per heavy atom. The monoisotopic (exact) mass is 291 g/mol. The number of rotatable bonds is 7. The summed E-state index contributed by atoms with van der Waals surface area (Å²) < 4.78 is 18.7. The minimum absolute atomic E-state index is 0.284. The van der Waals surface area contributed by atoms with Gasteiger partial charge < -0.3 is 9.84 Å². The molecule has 1 heterocycles. The Kier molecular flexibility index (Phi) is 5.44. The average molecular weight is 291 g/mol. The van der Waals surface area contributed by atoms with E-state index in [1.165, 1.54) is 12.1 Å². The predicted octanol–water partition coefficient (Wildman–Crippen LogP) is 3.50. The fourth-order valence-electron chi connectivity index (χ4n) is 2.44. The van der Waals surface area contributed by atoms with Gasteiger partial charge in [-0.1, -0.05) is 25.4 Å². The molecule has 0 spiro atoms. The van der Waals surface area contributed by atoms with Crippen LogP contribution in [0.25, 0.3) is 11.4 Å². The maximum atomic E-state index is 13.4. The molecule has 2 rings (SSSR count). The quantitative estimate of drug-likeness (QED) is 0.848. The van der Waals surface area contributed by atoms with Crippen LogP contribution in [-0.4, -0.2) is 22.7 Å². The van der Waals surface area contributed by atoms with Gasteiger partial charge in [-0.2, -0.15) is 4.98 Å². The van der Waals surface area contributed by atoms with E-state index in [1.54, 1.807) is 0 Å². The van der Waals surface area contributed by atoms with Gasteiger partial charge in [0.25, 0.3) is 0 Å². The number of hydrogen-bond donors (Lipinski definition) is 1. The molecule has 5 heteroatoms. The molecule has 0 amide bonds. The first-order valence-corrected chi connectivity index (χ1v) is 7.46. The highest BCUT2D eigenvalue weighted by molar-refractivity contribution is 5.55. The van der Waals surface area contributed by atoms with E-state index < -0.39 is 0 Å². The number of likely N-dealkylation sites (N-methyl/N-ethyl adjacent to an activating group) is 1. The topological polar surface area (TPSA) is 51.0 Å². The van der Waals surface area contributed by atoms with Crippen molar-refractivity contribution in [1.82, 2.24) is 15.5 Å². The van der Waals surface area contributed by atoms with Crippen LogP contribution in [-0.2, 0) is 6.42 Å². The number of benzene rings is 1. The minimum Gasteiger partial charge on any atom is -0.339 e. The van der Waals surface area contributed by atoms with E-state index in [4.69, 9.17) is 4.52 Å². The summed E-state index contributed by atoms with van der Waals surface area (Å²) in [6.07, 6.45) is 2.86. The summed E-state index contributed by atoms with van der Waals surface area (Å²) in [5.74, 6) is 0.749. The Balaban J connectivity index is 2.13. The van der Waals surface area contributed by atoms with Gasteiger partial charge in [-0.25, -0.2) is 4.39 Å². The van der Waals surface area contributed by atoms with Crippen LogP contribution in [0.15, 0.2) is 22.7 Å². The summed E-state index contributed by atoms with van der Waals surface area (Å²) in [4.78, 5) is 4.38. The lowest BCUT2D eigenvalue weighted by Gasteiger charge is -2.14. The lowest BCUT2D eigenvalue weighted by molar-refractivity contribution is 0.352. The number of halogens is 1. The van der Waals surface area contributed by atoms with Gasteiger partial charge in [-0.05, 0) is 43.7 Å². The molecular formula is C16H22FN3O. The minimum atomic E-state index is -0.284. The van der Waals surface area contributed by atoms with E-state index in [2.05, 4.69) is 29.3 Å². The van der Waals surface area contributed by atoms with Crippen molar-refractivity contribution in [3.05, 3.63) is 35.5 Å². The van der Waals surface area contributed by atoms with Gasteiger partial charge in [0.2, 0.25) is 11.7 Å². The van der Waals surface area contributed by atoms with Crippen molar-refractivity contribution >= 4 is 0 Å². The van der Waals surface area contributed by atoms with Crippen molar-refractivity contribution < 1.29 is 8.91 Å². The first-order chi connectivity index (χ1) is 10.1. The van der Waals surface area contributed by atoms with Gasteiger partial charge in [0, 0.05) is 18.0 Å². The third kappa shape index (κ3) is 4.36. The number of aryl methyl sites for hydroxylation is 1. The van der Waals surface area contributed by atoms with Crippen molar-refractivity contribution in [3.8, 4) is 11.4 Å². The fourth-order valence-corrected chi connectivity index (χ4v) is 2.44. The molecule has 0 saturated carbocycles. The molecule has 2 aromatic rings. The van der Waals surface area contributed by atoms with E-state index in [0.717, 1.165) is 24.9 Å². The number of nitrogens with one attached hydrogen (secondary N) is 1. The first kappa shape index (κ1) is 15.6. The van der Waals surface area contributed by atoms with Gasteiger partial charge >= 0.3 is 0 Å². The summed E-state index contributed by atoms with van der Waals surface area (Å²) in [7, 11) is 0. The van der Waals surface area contributed by atoms with Gasteiger partial charge in [-0.15, -0.1) is 0 Å². The molecule has 1 aromatic heterocycles. The zero-order valence-corrected chi connectivity index (χ0v) is 12.8. The Hall–Kier alpha value is -1.75. The van der Waals surface area contributed by atoms with Gasteiger partial charge in [0.1, 0.15) is 5.82 Å². The summed E-state index contributed by atoms with van der Waals surface area (Å²) >= 11 is 0. The molecule has 0 aliphatic heterocycles. The molecule has 0 fully saturated rings. The normalized spacial score (nSPS) is 12.6. The van der Waals surface area contributed by atoms with Crippen molar-refractivity contribution in [1.29, 1.82) is 0 Å². The molecule has 1 N–H and O–H groups in total. The largest absolute Gasteiger partial charge is 0.339 e. The van der Waals surface area contributed by atoms with E-state index in [9.17, 15) is 4.39 Å². The van der Waals surface area contributed by atoms with Crippen molar-refractivity contribution in [2.24, 2.45) is 0 Å². The summed E-state index contributed by atoms with van der Waals surface area (Å²) in [6, 6.07) is 5.09. The molecule has 4 nitrogen and oxygen atoms in total. The van der Waals surface area contributed by atoms with E-state index >= 15 is 0 Å². The van der Waals surface area contributed by atoms with Crippen molar-refractivity contribution in [3.63, 3.8) is 0 Å². The zero-order chi connectivity index (χ0) is 15.2. The smallest absolute Gasteiger partial charge is 0.228 e. The molecular weight excluding hydrogens is 269 g/mol. The average Bonchev–Trinajstić information content (AvgIpc) is 2.87. The second kappa shape index (κ2) is 7.31. The van der Waals surface area contributed by atoms with Crippen molar-refractivity contribution in [2.45, 2.75) is 46.1 Å². The van der Waals surface area contributed by atoms with E-state index in [-0.39, 0.29) is 5.82 Å². The Bertz CT molecular complexity index is 556. The highest BCUT2D eigenvalue weighted by atomic mass is 19.1. The zero-order valence-electron chi connectivity index (χ0n) is 12.8. The summed E-state index contributed by atoms with van der Waals surface area (Å²) in [5, 5.41) is 7.37. The third-order valence-corrected chi connectivity index (χ3v) is 3.32. The molecule has 21 heavy (non-hydrogen) atoms. The molecule has 1 unspecified atom stereocenters. The molecule has 1 aromatic carbocycles. The second-order valence-corrected chi connectivity index (χ2v) is 5.28. The Labute approximate surface area is 124 Å². The van der Waals surface area contributed by atoms with Crippen LogP contribution in [0.3, 0.4) is 0 Å². The molecule has 0 aliphatic carbocycles. The predicted molar refractivity (Wildman–Crippen MR) is 80.5 cm³/mol. The van der Waals surface area contributed by atoms with E-state index in [0.29, 0.717) is 29.7 Å². The Morgan fingerprint density at radius 3 is 2.76 bits per heavy atom. The molecule has 0 saturated heterocycles. The highest BCUT2D eigenvalue weighted by Crippen LogP contribution is 2.19. The molecule has 0 bridgehead atoms. The lowest BCUT2D eigenvalue weighted by Crippen LogP contribution is -2.30. The Morgan fingerprint density at radius 1 is 1.29 bits per heavy atom. The van der Waals surface area contributed by atoms with E-state index in [1.807, 2.05) is 13.0 Å². The SMILES string of the molecule is CCCC(Cc1nc(-c2cc(C)cc(F)c2)no1)NCC. The van der Waals surface area contributed by atoms with Gasteiger partial charge in [0.05, 0.1) is 0 Å². The first-order valence-electron chi connectivity index (χ1n) is 7.46. The maximum absolute atomic E-state index is 13.4.